The summed E-state index contributed by atoms with van der Waals surface area (Å²) in [7, 11) is 0. The molecule has 0 aromatic rings. The van der Waals surface area contributed by atoms with E-state index in [1.165, 1.54) is 25.7 Å². The van der Waals surface area contributed by atoms with Crippen LogP contribution < -0.4 is 5.32 Å². The topological polar surface area (TPSA) is 46.2 Å². The zero-order chi connectivity index (χ0) is 13.5. The van der Waals surface area contributed by atoms with Crippen LogP contribution in [0.1, 0.15) is 77.0 Å². The predicted molar refractivity (Wildman–Crippen MR) is 75.5 cm³/mol. The first-order valence-electron chi connectivity index (χ1n) is 8.12. The summed E-state index contributed by atoms with van der Waals surface area (Å²) in [6.07, 6.45) is 13.3. The summed E-state index contributed by atoms with van der Waals surface area (Å²) in [5.41, 5.74) is 0. The van der Waals surface area contributed by atoms with Crippen LogP contribution in [0.2, 0.25) is 0 Å². The maximum atomic E-state index is 12.2. The average molecular weight is 265 g/mol. The van der Waals surface area contributed by atoms with Gasteiger partial charge in [-0.25, -0.2) is 0 Å². The third kappa shape index (κ3) is 4.63. The van der Waals surface area contributed by atoms with E-state index in [9.17, 15) is 9.59 Å². The Balaban J connectivity index is 1.81. The predicted octanol–water partition coefficient (Wildman–Crippen LogP) is 3.57. The lowest BCUT2D eigenvalue weighted by Crippen LogP contribution is -2.39. The second-order valence-electron chi connectivity index (χ2n) is 6.23. The maximum Gasteiger partial charge on any atom is 0.229 e. The number of hydrogen-bond acceptors (Lipinski definition) is 2. The molecule has 0 aromatic heterocycles. The molecule has 0 radical (unpaired) electrons. The molecule has 2 aliphatic carbocycles. The van der Waals surface area contributed by atoms with Crippen molar-refractivity contribution in [1.29, 1.82) is 0 Å². The molecule has 0 aromatic carbocycles. The first-order chi connectivity index (χ1) is 9.27. The summed E-state index contributed by atoms with van der Waals surface area (Å²) in [6, 6.07) is 0. The van der Waals surface area contributed by atoms with Gasteiger partial charge in [-0.3, -0.25) is 14.9 Å². The second kappa shape index (κ2) is 7.66. The zero-order valence-electron chi connectivity index (χ0n) is 12.0. The lowest BCUT2D eigenvalue weighted by atomic mass is 9.97. The smallest absolute Gasteiger partial charge is 0.229 e. The van der Waals surface area contributed by atoms with Crippen LogP contribution in [0.5, 0.6) is 0 Å². The Morgan fingerprint density at radius 2 is 0.895 bits per heavy atom. The fraction of sp³-hybridized carbons (Fsp3) is 0.875. The molecule has 0 bridgehead atoms. The summed E-state index contributed by atoms with van der Waals surface area (Å²) in [6.45, 7) is 0. The molecule has 1 N–H and O–H groups in total. The Labute approximate surface area is 116 Å². The van der Waals surface area contributed by atoms with Gasteiger partial charge in [0.2, 0.25) is 11.8 Å². The van der Waals surface area contributed by atoms with Crippen molar-refractivity contribution < 1.29 is 9.59 Å². The molecular weight excluding hydrogens is 238 g/mol. The van der Waals surface area contributed by atoms with Gasteiger partial charge in [0.15, 0.2) is 0 Å². The van der Waals surface area contributed by atoms with Gasteiger partial charge in [-0.2, -0.15) is 0 Å². The van der Waals surface area contributed by atoms with Gasteiger partial charge in [0.25, 0.3) is 0 Å². The van der Waals surface area contributed by atoms with Crippen molar-refractivity contribution >= 4 is 11.8 Å². The first-order valence-corrected chi connectivity index (χ1v) is 8.12. The van der Waals surface area contributed by atoms with Crippen LogP contribution >= 0.6 is 0 Å². The highest BCUT2D eigenvalue weighted by Gasteiger charge is 2.25. The number of hydrogen-bond donors (Lipinski definition) is 1. The molecule has 0 spiro atoms. The summed E-state index contributed by atoms with van der Waals surface area (Å²) in [5, 5.41) is 2.70. The maximum absolute atomic E-state index is 12.2. The first kappa shape index (κ1) is 14.5. The van der Waals surface area contributed by atoms with Crippen LogP contribution in [-0.4, -0.2) is 11.8 Å². The minimum Gasteiger partial charge on any atom is -0.296 e. The van der Waals surface area contributed by atoms with Crippen molar-refractivity contribution in [1.82, 2.24) is 5.32 Å². The van der Waals surface area contributed by atoms with Crippen LogP contribution in [-0.2, 0) is 9.59 Å². The molecule has 19 heavy (non-hydrogen) atoms. The van der Waals surface area contributed by atoms with Gasteiger partial charge in [-0.05, 0) is 25.7 Å². The Kier molecular flexibility index (Phi) is 5.87. The largest absolute Gasteiger partial charge is 0.296 e. The number of imide groups is 1. The van der Waals surface area contributed by atoms with Crippen molar-refractivity contribution in [2.24, 2.45) is 11.8 Å². The fourth-order valence-corrected chi connectivity index (χ4v) is 3.41. The van der Waals surface area contributed by atoms with Gasteiger partial charge in [0.05, 0.1) is 0 Å². The Morgan fingerprint density at radius 3 is 1.21 bits per heavy atom. The van der Waals surface area contributed by atoms with Crippen molar-refractivity contribution in [2.75, 3.05) is 0 Å². The van der Waals surface area contributed by atoms with Crippen LogP contribution in [0.15, 0.2) is 0 Å². The summed E-state index contributed by atoms with van der Waals surface area (Å²) < 4.78 is 0. The van der Waals surface area contributed by atoms with E-state index >= 15 is 0 Å². The van der Waals surface area contributed by atoms with E-state index in [2.05, 4.69) is 5.32 Å². The van der Waals surface area contributed by atoms with Crippen molar-refractivity contribution in [3.05, 3.63) is 0 Å². The molecule has 0 heterocycles. The van der Waals surface area contributed by atoms with E-state index in [1.807, 2.05) is 0 Å². The molecule has 2 fully saturated rings. The molecule has 2 amide bonds. The molecule has 3 heteroatoms. The van der Waals surface area contributed by atoms with Crippen molar-refractivity contribution in [3.8, 4) is 0 Å². The molecule has 0 unspecified atom stereocenters. The third-order valence-electron chi connectivity index (χ3n) is 4.70. The van der Waals surface area contributed by atoms with Crippen LogP contribution in [0.25, 0.3) is 0 Å². The highest BCUT2D eigenvalue weighted by Crippen LogP contribution is 2.25. The van der Waals surface area contributed by atoms with Gasteiger partial charge in [-0.1, -0.05) is 51.4 Å². The van der Waals surface area contributed by atoms with Gasteiger partial charge < -0.3 is 0 Å². The number of rotatable bonds is 2. The van der Waals surface area contributed by atoms with E-state index in [0.29, 0.717) is 0 Å². The molecule has 0 atom stereocenters. The molecule has 0 saturated heterocycles. The minimum absolute atomic E-state index is 0.00357. The SMILES string of the molecule is O=C(NC(=O)C1CCCCCC1)C1CCCCCC1. The molecule has 2 aliphatic rings. The lowest BCUT2D eigenvalue weighted by Gasteiger charge is -2.17. The van der Waals surface area contributed by atoms with E-state index in [4.69, 9.17) is 0 Å². The minimum atomic E-state index is -0.00357. The van der Waals surface area contributed by atoms with Crippen LogP contribution in [0.3, 0.4) is 0 Å². The summed E-state index contributed by atoms with van der Waals surface area (Å²) >= 11 is 0. The molecule has 108 valence electrons. The third-order valence-corrected chi connectivity index (χ3v) is 4.70. The Hall–Kier alpha value is -0.860. The highest BCUT2D eigenvalue weighted by atomic mass is 16.2. The number of carbonyl (C=O) groups excluding carboxylic acids is 2. The summed E-state index contributed by atoms with van der Waals surface area (Å²) in [5.74, 6) is 0.154. The Bertz CT molecular complexity index is 268. The normalized spacial score (nSPS) is 23.4. The molecule has 0 aliphatic heterocycles. The quantitative estimate of drug-likeness (QED) is 0.613. The zero-order valence-corrected chi connectivity index (χ0v) is 12.0. The standard InChI is InChI=1S/C16H27NO2/c18-15(13-9-5-1-2-6-10-13)17-16(19)14-11-7-3-4-8-12-14/h13-14H,1-12H2,(H,17,18,19). The highest BCUT2D eigenvalue weighted by molar-refractivity contribution is 5.97. The lowest BCUT2D eigenvalue weighted by molar-refractivity contribution is -0.135. The number of carbonyl (C=O) groups is 2. The van der Waals surface area contributed by atoms with Gasteiger partial charge in [0, 0.05) is 11.8 Å². The van der Waals surface area contributed by atoms with Crippen molar-refractivity contribution in [2.45, 2.75) is 77.0 Å². The molecular formula is C16H27NO2. The molecule has 2 saturated carbocycles. The van der Waals surface area contributed by atoms with Crippen molar-refractivity contribution in [3.63, 3.8) is 0 Å². The second-order valence-corrected chi connectivity index (χ2v) is 6.23. The number of nitrogens with one attached hydrogen (secondary N) is 1. The van der Waals surface area contributed by atoms with E-state index in [1.54, 1.807) is 0 Å². The molecule has 3 nitrogen and oxygen atoms in total. The van der Waals surface area contributed by atoms with Crippen LogP contribution in [0.4, 0.5) is 0 Å². The van der Waals surface area contributed by atoms with Crippen LogP contribution in [0, 0.1) is 11.8 Å². The fourth-order valence-electron chi connectivity index (χ4n) is 3.41. The van der Waals surface area contributed by atoms with E-state index in [-0.39, 0.29) is 23.7 Å². The Morgan fingerprint density at radius 1 is 0.579 bits per heavy atom. The summed E-state index contributed by atoms with van der Waals surface area (Å²) in [4.78, 5) is 24.3. The van der Waals surface area contributed by atoms with E-state index in [0.717, 1.165) is 51.4 Å². The molecule has 2 rings (SSSR count). The monoisotopic (exact) mass is 265 g/mol. The average Bonchev–Trinajstić information content (AvgIpc) is 2.83. The number of amides is 2. The van der Waals surface area contributed by atoms with Gasteiger partial charge in [0.1, 0.15) is 0 Å². The van der Waals surface area contributed by atoms with Gasteiger partial charge >= 0.3 is 0 Å². The van der Waals surface area contributed by atoms with Gasteiger partial charge in [-0.15, -0.1) is 0 Å². The van der Waals surface area contributed by atoms with E-state index < -0.39 is 0 Å².